The third kappa shape index (κ3) is 2.63. The van der Waals surface area contributed by atoms with E-state index in [1.54, 1.807) is 52.4 Å². The van der Waals surface area contributed by atoms with E-state index in [0.717, 1.165) is 24.3 Å². The topological polar surface area (TPSA) is 55.2 Å². The summed E-state index contributed by atoms with van der Waals surface area (Å²) in [7, 11) is 1.77. The van der Waals surface area contributed by atoms with E-state index in [9.17, 15) is 9.59 Å². The van der Waals surface area contributed by atoms with Crippen LogP contribution in [0, 0.1) is 0 Å². The Morgan fingerprint density at radius 3 is 2.90 bits per heavy atom. The lowest BCUT2D eigenvalue weighted by Gasteiger charge is -2.34. The highest BCUT2D eigenvalue weighted by Crippen LogP contribution is 2.32. The Morgan fingerprint density at radius 1 is 1.38 bits per heavy atom. The van der Waals surface area contributed by atoms with Crippen LogP contribution in [0.25, 0.3) is 0 Å². The minimum Gasteiger partial charge on any atom is -0.348 e. The Morgan fingerprint density at radius 2 is 2.24 bits per heavy atom. The van der Waals surface area contributed by atoms with Gasteiger partial charge in [-0.3, -0.25) is 9.59 Å². The molecule has 1 fully saturated rings. The quantitative estimate of drug-likeness (QED) is 0.646. The zero-order valence-corrected chi connectivity index (χ0v) is 12.7. The number of ketones is 1. The molecule has 1 amide bonds. The van der Waals surface area contributed by atoms with Crippen molar-refractivity contribution in [1.82, 2.24) is 14.5 Å². The van der Waals surface area contributed by atoms with E-state index in [1.165, 1.54) is 0 Å². The lowest BCUT2D eigenvalue weighted by molar-refractivity contribution is -0.130. The molecule has 0 radical (unpaired) electrons. The van der Waals surface area contributed by atoms with Gasteiger partial charge in [-0.2, -0.15) is 0 Å². The highest BCUT2D eigenvalue weighted by atomic mass is 32.1. The second-order valence-corrected chi connectivity index (χ2v) is 6.14. The van der Waals surface area contributed by atoms with Crippen LogP contribution in [-0.2, 0) is 11.8 Å². The van der Waals surface area contributed by atoms with Gasteiger partial charge in [-0.15, -0.1) is 11.3 Å². The Balaban J connectivity index is 1.85. The summed E-state index contributed by atoms with van der Waals surface area (Å²) in [6, 6.07) is 3.40. The van der Waals surface area contributed by atoms with Crippen molar-refractivity contribution in [2.45, 2.75) is 25.3 Å². The Hall–Kier alpha value is -1.95. The highest BCUT2D eigenvalue weighted by Gasteiger charge is 2.34. The number of hydrogen-bond acceptors (Lipinski definition) is 4. The summed E-state index contributed by atoms with van der Waals surface area (Å²) in [6.45, 7) is 0.624. The van der Waals surface area contributed by atoms with Crippen molar-refractivity contribution in [2.24, 2.45) is 7.05 Å². The first-order chi connectivity index (χ1) is 10.2. The number of likely N-dealkylation sites (tertiary alicyclic amines) is 1. The second-order valence-electron chi connectivity index (χ2n) is 5.21. The highest BCUT2D eigenvalue weighted by molar-refractivity contribution is 7.09. The first-order valence-electron chi connectivity index (χ1n) is 7.04. The van der Waals surface area contributed by atoms with Crippen molar-refractivity contribution < 1.29 is 9.59 Å². The third-order valence-corrected chi connectivity index (χ3v) is 4.75. The van der Waals surface area contributed by atoms with Gasteiger partial charge in [-0.05, 0) is 31.4 Å². The zero-order valence-electron chi connectivity index (χ0n) is 11.9. The van der Waals surface area contributed by atoms with E-state index in [0.29, 0.717) is 12.2 Å². The molecule has 110 valence electrons. The van der Waals surface area contributed by atoms with Gasteiger partial charge in [-0.1, -0.05) is 0 Å². The Bertz CT molecular complexity index is 648. The van der Waals surface area contributed by atoms with E-state index in [4.69, 9.17) is 0 Å². The first-order valence-corrected chi connectivity index (χ1v) is 7.92. The predicted octanol–water partition coefficient (Wildman–Crippen LogP) is 2.42. The number of thiazole rings is 1. The fourth-order valence-corrected chi connectivity index (χ4v) is 3.55. The molecular formula is C15H17N3O2S. The first kappa shape index (κ1) is 14.0. The Labute approximate surface area is 127 Å². The van der Waals surface area contributed by atoms with E-state index in [1.807, 2.05) is 5.38 Å². The lowest BCUT2D eigenvalue weighted by Crippen LogP contribution is -2.42. The number of carbonyl (C=O) groups excluding carboxylic acids is 2. The summed E-state index contributed by atoms with van der Waals surface area (Å²) < 4.78 is 1.68. The molecule has 0 N–H and O–H groups in total. The molecule has 6 heteroatoms. The standard InChI is InChI=1S/C15H17N3O2S/c1-17-8-4-6-11(17)13(19)15(20)18-9-3-2-5-12(18)14-16-7-10-21-14/h4,6-8,10,12H,2-3,5,9H2,1H3. The number of amides is 1. The molecule has 1 aliphatic heterocycles. The van der Waals surface area contributed by atoms with E-state index >= 15 is 0 Å². The van der Waals surface area contributed by atoms with Gasteiger partial charge >= 0.3 is 0 Å². The van der Waals surface area contributed by atoms with Crippen LogP contribution in [0.4, 0.5) is 0 Å². The fourth-order valence-electron chi connectivity index (χ4n) is 2.77. The molecule has 3 heterocycles. The fraction of sp³-hybridized carbons (Fsp3) is 0.400. The molecule has 1 atom stereocenters. The van der Waals surface area contributed by atoms with E-state index in [2.05, 4.69) is 4.98 Å². The summed E-state index contributed by atoms with van der Waals surface area (Å²) in [4.78, 5) is 31.0. The molecule has 2 aromatic heterocycles. The van der Waals surface area contributed by atoms with Crippen LogP contribution in [-0.4, -0.2) is 32.7 Å². The van der Waals surface area contributed by atoms with Crippen LogP contribution in [0.2, 0.25) is 0 Å². The normalized spacial score (nSPS) is 18.7. The molecule has 3 rings (SSSR count). The molecule has 2 aromatic rings. The number of carbonyl (C=O) groups is 2. The molecule has 0 aliphatic carbocycles. The van der Waals surface area contributed by atoms with Gasteiger partial charge in [0.05, 0.1) is 11.7 Å². The van der Waals surface area contributed by atoms with Gasteiger partial charge in [0.15, 0.2) is 0 Å². The lowest BCUT2D eigenvalue weighted by atomic mass is 10.0. The molecule has 1 aliphatic rings. The van der Waals surface area contributed by atoms with Gasteiger partial charge < -0.3 is 9.47 Å². The third-order valence-electron chi connectivity index (χ3n) is 3.87. The molecule has 0 aromatic carbocycles. The van der Waals surface area contributed by atoms with Crippen LogP contribution in [0.15, 0.2) is 29.9 Å². The maximum absolute atomic E-state index is 12.6. The van der Waals surface area contributed by atoms with Crippen molar-refractivity contribution in [3.05, 3.63) is 40.6 Å². The summed E-state index contributed by atoms with van der Waals surface area (Å²) in [5, 5.41) is 2.83. The minimum absolute atomic E-state index is 0.0598. The Kier molecular flexibility index (Phi) is 3.88. The second kappa shape index (κ2) is 5.81. The average Bonchev–Trinajstić information content (AvgIpc) is 3.17. The minimum atomic E-state index is -0.439. The maximum Gasteiger partial charge on any atom is 0.297 e. The predicted molar refractivity (Wildman–Crippen MR) is 80.2 cm³/mol. The maximum atomic E-state index is 12.6. The van der Waals surface area contributed by atoms with Crippen molar-refractivity contribution in [3.63, 3.8) is 0 Å². The SMILES string of the molecule is Cn1cccc1C(=O)C(=O)N1CCCCC1c1nccs1. The number of rotatable bonds is 3. The van der Waals surface area contributed by atoms with Crippen LogP contribution in [0.5, 0.6) is 0 Å². The van der Waals surface area contributed by atoms with Gasteiger partial charge in [0.25, 0.3) is 11.7 Å². The number of hydrogen-bond donors (Lipinski definition) is 0. The van der Waals surface area contributed by atoms with E-state index in [-0.39, 0.29) is 6.04 Å². The van der Waals surface area contributed by atoms with Crippen LogP contribution in [0.1, 0.15) is 40.8 Å². The van der Waals surface area contributed by atoms with Gasteiger partial charge in [-0.25, -0.2) is 4.98 Å². The van der Waals surface area contributed by atoms with Crippen molar-refractivity contribution in [3.8, 4) is 0 Å². The van der Waals surface area contributed by atoms with Crippen LogP contribution >= 0.6 is 11.3 Å². The number of aryl methyl sites for hydroxylation is 1. The molecule has 0 bridgehead atoms. The summed E-state index contributed by atoms with van der Waals surface area (Å²) in [5.74, 6) is -0.859. The van der Waals surface area contributed by atoms with Gasteiger partial charge in [0, 0.05) is 31.4 Å². The molecule has 1 saturated heterocycles. The van der Waals surface area contributed by atoms with Crippen LogP contribution < -0.4 is 0 Å². The molecule has 0 saturated carbocycles. The summed E-state index contributed by atoms with van der Waals surface area (Å²) in [5.41, 5.74) is 0.434. The van der Waals surface area contributed by atoms with Crippen molar-refractivity contribution in [2.75, 3.05) is 6.54 Å². The largest absolute Gasteiger partial charge is 0.348 e. The van der Waals surface area contributed by atoms with Gasteiger partial charge in [0.2, 0.25) is 0 Å². The monoisotopic (exact) mass is 303 g/mol. The molecule has 5 nitrogen and oxygen atoms in total. The smallest absolute Gasteiger partial charge is 0.297 e. The average molecular weight is 303 g/mol. The van der Waals surface area contributed by atoms with Crippen LogP contribution in [0.3, 0.4) is 0 Å². The summed E-state index contributed by atoms with van der Waals surface area (Å²) in [6.07, 6.45) is 6.39. The summed E-state index contributed by atoms with van der Waals surface area (Å²) >= 11 is 1.54. The number of Topliss-reactive ketones (excluding diaryl/α,β-unsaturated/α-hetero) is 1. The van der Waals surface area contributed by atoms with Crippen molar-refractivity contribution in [1.29, 1.82) is 0 Å². The van der Waals surface area contributed by atoms with Crippen molar-refractivity contribution >= 4 is 23.0 Å². The van der Waals surface area contributed by atoms with Gasteiger partial charge in [0.1, 0.15) is 5.01 Å². The zero-order chi connectivity index (χ0) is 14.8. The number of nitrogens with zero attached hydrogens (tertiary/aromatic N) is 3. The molecule has 21 heavy (non-hydrogen) atoms. The molecule has 0 spiro atoms. The number of aromatic nitrogens is 2. The molecular weight excluding hydrogens is 286 g/mol. The van der Waals surface area contributed by atoms with E-state index < -0.39 is 11.7 Å². The number of piperidine rings is 1. The molecule has 1 unspecified atom stereocenters.